The van der Waals surface area contributed by atoms with Crippen molar-refractivity contribution < 1.29 is 14.3 Å². The minimum absolute atomic E-state index is 0.0620. The van der Waals surface area contributed by atoms with Crippen LogP contribution in [0.4, 0.5) is 5.00 Å². The van der Waals surface area contributed by atoms with Crippen molar-refractivity contribution in [1.82, 2.24) is 5.32 Å². The van der Waals surface area contributed by atoms with E-state index in [-0.39, 0.29) is 5.91 Å². The van der Waals surface area contributed by atoms with Gasteiger partial charge in [-0.15, -0.1) is 11.3 Å². The summed E-state index contributed by atoms with van der Waals surface area (Å²) in [4.78, 5) is 19.2. The van der Waals surface area contributed by atoms with Crippen LogP contribution in [0.3, 0.4) is 0 Å². The fourth-order valence-corrected chi connectivity index (χ4v) is 5.04. The fraction of sp³-hybridized carbons (Fsp3) is 0.280. The number of nitrogens with one attached hydrogen (secondary N) is 1. The molecule has 31 heavy (non-hydrogen) atoms. The molecule has 0 atom stereocenters. The number of thiophene rings is 1. The topological polar surface area (TPSA) is 59.9 Å². The molecule has 6 heteroatoms. The van der Waals surface area contributed by atoms with Gasteiger partial charge in [0.1, 0.15) is 16.5 Å². The first-order valence-electron chi connectivity index (χ1n) is 10.4. The number of aryl methyl sites for hydroxylation is 1. The number of carbonyl (C=O) groups is 1. The molecule has 0 fully saturated rings. The third-order valence-corrected chi connectivity index (χ3v) is 6.63. The van der Waals surface area contributed by atoms with Crippen LogP contribution >= 0.6 is 11.3 Å². The van der Waals surface area contributed by atoms with E-state index in [0.29, 0.717) is 17.9 Å². The van der Waals surface area contributed by atoms with Crippen molar-refractivity contribution in [2.75, 3.05) is 14.2 Å². The van der Waals surface area contributed by atoms with Crippen LogP contribution in [0.1, 0.15) is 44.8 Å². The molecule has 1 aliphatic rings. The largest absolute Gasteiger partial charge is 0.497 e. The standard InChI is InChI=1S/C25H26N2O3S/c1-29-19-12-13-21(30-2)18(14-19)16-27-25-23(20-10-6-7-11-22(20)31-25)24(28)26-15-17-8-4-3-5-9-17/h3-5,8-9,12-14,16H,6-7,10-11,15H2,1-2H3,(H,26,28)/b27-16-. The number of rotatable bonds is 7. The fourth-order valence-electron chi connectivity index (χ4n) is 3.81. The zero-order valence-corrected chi connectivity index (χ0v) is 18.6. The van der Waals surface area contributed by atoms with Crippen LogP contribution in [-0.4, -0.2) is 26.3 Å². The first-order valence-corrected chi connectivity index (χ1v) is 11.2. The predicted molar refractivity (Wildman–Crippen MR) is 125 cm³/mol. The molecule has 1 N–H and O–H groups in total. The second-order valence-corrected chi connectivity index (χ2v) is 8.51. The molecule has 0 spiro atoms. The average Bonchev–Trinajstić information content (AvgIpc) is 3.20. The molecule has 1 amide bonds. The van der Waals surface area contributed by atoms with Crippen molar-refractivity contribution in [3.05, 3.63) is 75.7 Å². The lowest BCUT2D eigenvalue weighted by Crippen LogP contribution is -2.24. The Balaban J connectivity index is 1.64. The minimum atomic E-state index is -0.0620. The lowest BCUT2D eigenvalue weighted by molar-refractivity contribution is 0.0951. The number of hydrogen-bond acceptors (Lipinski definition) is 5. The number of methoxy groups -OCH3 is 2. The first kappa shape index (κ1) is 21.1. The quantitative estimate of drug-likeness (QED) is 0.512. The highest BCUT2D eigenvalue weighted by molar-refractivity contribution is 7.16. The van der Waals surface area contributed by atoms with E-state index in [4.69, 9.17) is 14.5 Å². The number of nitrogens with zero attached hydrogens (tertiary/aromatic N) is 1. The number of aliphatic imine (C=N–C) groups is 1. The summed E-state index contributed by atoms with van der Waals surface area (Å²) in [5.41, 5.74) is 3.76. The molecule has 4 rings (SSSR count). The normalized spacial score (nSPS) is 13.1. The van der Waals surface area contributed by atoms with E-state index < -0.39 is 0 Å². The summed E-state index contributed by atoms with van der Waals surface area (Å²) >= 11 is 1.62. The molecule has 0 saturated carbocycles. The Bertz CT molecular complexity index is 1090. The number of fused-ring (bicyclic) bond motifs is 1. The molecule has 5 nitrogen and oxygen atoms in total. The summed E-state index contributed by atoms with van der Waals surface area (Å²) in [6.07, 6.45) is 5.96. The molecular weight excluding hydrogens is 408 g/mol. The van der Waals surface area contributed by atoms with E-state index in [2.05, 4.69) is 5.32 Å². The zero-order valence-electron chi connectivity index (χ0n) is 17.8. The molecule has 1 aliphatic carbocycles. The van der Waals surface area contributed by atoms with Crippen molar-refractivity contribution >= 4 is 28.5 Å². The lowest BCUT2D eigenvalue weighted by atomic mass is 9.95. The summed E-state index contributed by atoms with van der Waals surface area (Å²) < 4.78 is 10.8. The van der Waals surface area contributed by atoms with Gasteiger partial charge in [0.05, 0.1) is 19.8 Å². The Hall–Kier alpha value is -3.12. The van der Waals surface area contributed by atoms with Crippen LogP contribution in [0.15, 0.2) is 53.5 Å². The molecule has 3 aromatic rings. The SMILES string of the molecule is COc1ccc(OC)c(/C=N\c2sc3c(c2C(=O)NCc2ccccc2)CCCC3)c1. The maximum absolute atomic E-state index is 13.2. The predicted octanol–water partition coefficient (Wildman–Crippen LogP) is 5.32. The van der Waals surface area contributed by atoms with Gasteiger partial charge in [-0.05, 0) is 55.0 Å². The van der Waals surface area contributed by atoms with Gasteiger partial charge in [0.25, 0.3) is 5.91 Å². The van der Waals surface area contributed by atoms with Gasteiger partial charge >= 0.3 is 0 Å². The van der Waals surface area contributed by atoms with E-state index >= 15 is 0 Å². The average molecular weight is 435 g/mol. The van der Waals surface area contributed by atoms with Gasteiger partial charge in [-0.1, -0.05) is 30.3 Å². The Kier molecular flexibility index (Phi) is 6.67. The van der Waals surface area contributed by atoms with Crippen molar-refractivity contribution in [3.8, 4) is 11.5 Å². The Labute approximate surface area is 186 Å². The van der Waals surface area contributed by atoms with Gasteiger partial charge in [-0.2, -0.15) is 0 Å². The molecule has 0 unspecified atom stereocenters. The van der Waals surface area contributed by atoms with Gasteiger partial charge in [-0.3, -0.25) is 4.79 Å². The third-order valence-electron chi connectivity index (χ3n) is 5.43. The summed E-state index contributed by atoms with van der Waals surface area (Å²) in [5.74, 6) is 1.38. The lowest BCUT2D eigenvalue weighted by Gasteiger charge is -2.13. The number of carbonyl (C=O) groups excluding carboxylic acids is 1. The van der Waals surface area contributed by atoms with Gasteiger partial charge in [0.2, 0.25) is 0 Å². The molecule has 2 aromatic carbocycles. The Morgan fingerprint density at radius 2 is 1.90 bits per heavy atom. The molecule has 1 aromatic heterocycles. The maximum Gasteiger partial charge on any atom is 0.254 e. The molecule has 0 aliphatic heterocycles. The molecular formula is C25H26N2O3S. The molecule has 160 valence electrons. The highest BCUT2D eigenvalue weighted by Crippen LogP contribution is 2.40. The van der Waals surface area contributed by atoms with Gasteiger partial charge in [0.15, 0.2) is 0 Å². The Morgan fingerprint density at radius 3 is 2.68 bits per heavy atom. The smallest absolute Gasteiger partial charge is 0.254 e. The van der Waals surface area contributed by atoms with Gasteiger partial charge in [0, 0.05) is 23.2 Å². The van der Waals surface area contributed by atoms with Crippen LogP contribution < -0.4 is 14.8 Å². The van der Waals surface area contributed by atoms with Crippen LogP contribution in [0.5, 0.6) is 11.5 Å². The van der Waals surface area contributed by atoms with Crippen molar-refractivity contribution in [2.24, 2.45) is 4.99 Å². The number of ether oxygens (including phenoxy) is 2. The van der Waals surface area contributed by atoms with E-state index in [1.165, 1.54) is 4.88 Å². The van der Waals surface area contributed by atoms with Crippen LogP contribution in [0.25, 0.3) is 0 Å². The van der Waals surface area contributed by atoms with Crippen LogP contribution in [0.2, 0.25) is 0 Å². The van der Waals surface area contributed by atoms with Crippen LogP contribution in [0, 0.1) is 0 Å². The Morgan fingerprint density at radius 1 is 1.10 bits per heavy atom. The van der Waals surface area contributed by atoms with E-state index in [1.807, 2.05) is 48.5 Å². The summed E-state index contributed by atoms with van der Waals surface area (Å²) in [5, 5.41) is 3.83. The number of hydrogen-bond donors (Lipinski definition) is 1. The highest BCUT2D eigenvalue weighted by atomic mass is 32.1. The van der Waals surface area contributed by atoms with Crippen molar-refractivity contribution in [3.63, 3.8) is 0 Å². The first-order chi connectivity index (χ1) is 15.2. The number of amides is 1. The van der Waals surface area contributed by atoms with Crippen molar-refractivity contribution in [1.29, 1.82) is 0 Å². The molecule has 0 saturated heterocycles. The van der Waals surface area contributed by atoms with E-state index in [9.17, 15) is 4.79 Å². The second kappa shape index (κ2) is 9.79. The van der Waals surface area contributed by atoms with Crippen LogP contribution in [-0.2, 0) is 19.4 Å². The van der Waals surface area contributed by atoms with Crippen molar-refractivity contribution in [2.45, 2.75) is 32.2 Å². The summed E-state index contributed by atoms with van der Waals surface area (Å²) in [7, 11) is 3.26. The van der Waals surface area contributed by atoms with E-state index in [1.54, 1.807) is 31.8 Å². The van der Waals surface area contributed by atoms with Gasteiger partial charge < -0.3 is 14.8 Å². The van der Waals surface area contributed by atoms with E-state index in [0.717, 1.165) is 53.1 Å². The zero-order chi connectivity index (χ0) is 21.6. The highest BCUT2D eigenvalue weighted by Gasteiger charge is 2.25. The van der Waals surface area contributed by atoms with Gasteiger partial charge in [-0.25, -0.2) is 4.99 Å². The second-order valence-electron chi connectivity index (χ2n) is 7.43. The summed E-state index contributed by atoms with van der Waals surface area (Å²) in [6.45, 7) is 0.497. The molecule has 1 heterocycles. The maximum atomic E-state index is 13.2. The molecule has 0 bridgehead atoms. The number of benzene rings is 2. The third kappa shape index (κ3) is 4.80. The minimum Gasteiger partial charge on any atom is -0.497 e. The monoisotopic (exact) mass is 434 g/mol. The molecule has 0 radical (unpaired) electrons. The summed E-state index contributed by atoms with van der Waals surface area (Å²) in [6, 6.07) is 15.5.